The lowest BCUT2D eigenvalue weighted by molar-refractivity contribution is 0.609. The van der Waals surface area contributed by atoms with E-state index in [0.717, 1.165) is 35.5 Å². The average molecular weight is 290 g/mol. The summed E-state index contributed by atoms with van der Waals surface area (Å²) >= 11 is 1.59. The normalized spacial score (nSPS) is 14.7. The summed E-state index contributed by atoms with van der Waals surface area (Å²) in [5, 5.41) is 21.0. The van der Waals surface area contributed by atoms with Gasteiger partial charge in [-0.25, -0.2) is 0 Å². The van der Waals surface area contributed by atoms with E-state index in [4.69, 9.17) is 0 Å². The highest BCUT2D eigenvalue weighted by Crippen LogP contribution is 2.16. The van der Waals surface area contributed by atoms with E-state index in [0.29, 0.717) is 6.54 Å². The SMILES string of the molecule is CSc1ccc(NCc2nnc3n2CCCCC3)nn1. The third kappa shape index (κ3) is 2.92. The van der Waals surface area contributed by atoms with Crippen LogP contribution >= 0.6 is 11.8 Å². The van der Waals surface area contributed by atoms with Crippen molar-refractivity contribution < 1.29 is 0 Å². The smallest absolute Gasteiger partial charge is 0.152 e. The van der Waals surface area contributed by atoms with Gasteiger partial charge in [-0.05, 0) is 31.2 Å². The fraction of sp³-hybridized carbons (Fsp3) is 0.538. The Kier molecular flexibility index (Phi) is 4.15. The van der Waals surface area contributed by atoms with Gasteiger partial charge in [0.1, 0.15) is 16.7 Å². The van der Waals surface area contributed by atoms with Gasteiger partial charge in [0, 0.05) is 13.0 Å². The molecule has 1 aliphatic rings. The van der Waals surface area contributed by atoms with E-state index in [9.17, 15) is 0 Å². The lowest BCUT2D eigenvalue weighted by Crippen LogP contribution is -2.11. The number of thioether (sulfide) groups is 1. The number of fused-ring (bicyclic) bond motifs is 1. The van der Waals surface area contributed by atoms with Gasteiger partial charge >= 0.3 is 0 Å². The average Bonchev–Trinajstić information content (AvgIpc) is 2.72. The molecule has 0 bridgehead atoms. The van der Waals surface area contributed by atoms with Crippen molar-refractivity contribution in [2.75, 3.05) is 11.6 Å². The first kappa shape index (κ1) is 13.4. The fourth-order valence-corrected chi connectivity index (χ4v) is 2.70. The predicted octanol–water partition coefficient (Wildman–Crippen LogP) is 2.13. The molecule has 0 amide bonds. The first-order valence-corrected chi connectivity index (χ1v) is 8.12. The Morgan fingerprint density at radius 3 is 2.90 bits per heavy atom. The molecule has 106 valence electrons. The van der Waals surface area contributed by atoms with Gasteiger partial charge in [0.2, 0.25) is 0 Å². The summed E-state index contributed by atoms with van der Waals surface area (Å²) in [6.07, 6.45) is 6.73. The fourth-order valence-electron chi connectivity index (χ4n) is 2.37. The van der Waals surface area contributed by atoms with Crippen molar-refractivity contribution >= 4 is 17.6 Å². The van der Waals surface area contributed by atoms with E-state index >= 15 is 0 Å². The molecule has 0 radical (unpaired) electrons. The van der Waals surface area contributed by atoms with Gasteiger partial charge in [-0.1, -0.05) is 6.42 Å². The molecule has 0 fully saturated rings. The second kappa shape index (κ2) is 6.21. The first-order chi connectivity index (χ1) is 9.86. The molecule has 0 saturated carbocycles. The molecule has 2 aromatic rings. The topological polar surface area (TPSA) is 68.5 Å². The van der Waals surface area contributed by atoms with Crippen molar-refractivity contribution in [3.63, 3.8) is 0 Å². The Balaban J connectivity index is 1.67. The summed E-state index contributed by atoms with van der Waals surface area (Å²) in [4.78, 5) is 0. The second-order valence-electron chi connectivity index (χ2n) is 4.81. The quantitative estimate of drug-likeness (QED) is 0.870. The van der Waals surface area contributed by atoms with Gasteiger partial charge in [-0.15, -0.1) is 32.2 Å². The molecule has 0 unspecified atom stereocenters. The van der Waals surface area contributed by atoms with E-state index in [2.05, 4.69) is 30.3 Å². The van der Waals surface area contributed by atoms with Crippen molar-refractivity contribution in [1.82, 2.24) is 25.0 Å². The number of hydrogen-bond acceptors (Lipinski definition) is 6. The minimum atomic E-state index is 0.639. The van der Waals surface area contributed by atoms with Crippen LogP contribution in [0, 0.1) is 0 Å². The van der Waals surface area contributed by atoms with Crippen LogP contribution in [0.2, 0.25) is 0 Å². The van der Waals surface area contributed by atoms with Gasteiger partial charge in [0.25, 0.3) is 0 Å². The molecule has 0 saturated heterocycles. The van der Waals surface area contributed by atoms with E-state index in [-0.39, 0.29) is 0 Å². The number of anilines is 1. The Morgan fingerprint density at radius 1 is 1.15 bits per heavy atom. The highest BCUT2D eigenvalue weighted by atomic mass is 32.2. The third-order valence-corrected chi connectivity index (χ3v) is 4.10. The van der Waals surface area contributed by atoms with E-state index in [1.165, 1.54) is 19.3 Å². The van der Waals surface area contributed by atoms with Crippen molar-refractivity contribution in [3.05, 3.63) is 23.8 Å². The highest BCUT2D eigenvalue weighted by Gasteiger charge is 2.14. The van der Waals surface area contributed by atoms with Crippen molar-refractivity contribution in [2.24, 2.45) is 0 Å². The lowest BCUT2D eigenvalue weighted by Gasteiger charge is -2.08. The standard InChI is InChI=1S/C13H18N6S/c1-20-13-7-6-10(15-18-13)14-9-12-17-16-11-5-3-2-4-8-19(11)12/h6-7H,2-5,8-9H2,1H3,(H,14,15). The Hall–Kier alpha value is -1.63. The van der Waals surface area contributed by atoms with Gasteiger partial charge in [-0.2, -0.15) is 0 Å². The van der Waals surface area contributed by atoms with Gasteiger partial charge in [0.15, 0.2) is 5.82 Å². The number of nitrogens with one attached hydrogen (secondary N) is 1. The number of aryl methyl sites for hydroxylation is 1. The van der Waals surface area contributed by atoms with Gasteiger partial charge < -0.3 is 9.88 Å². The molecule has 6 nitrogen and oxygen atoms in total. The molecule has 1 N–H and O–H groups in total. The Morgan fingerprint density at radius 2 is 2.10 bits per heavy atom. The van der Waals surface area contributed by atoms with E-state index in [1.807, 2.05) is 18.4 Å². The third-order valence-electron chi connectivity index (χ3n) is 3.46. The maximum absolute atomic E-state index is 4.29. The number of aromatic nitrogens is 5. The zero-order valence-electron chi connectivity index (χ0n) is 11.5. The summed E-state index contributed by atoms with van der Waals surface area (Å²) in [5.41, 5.74) is 0. The van der Waals surface area contributed by atoms with Crippen LogP contribution in [0.25, 0.3) is 0 Å². The maximum atomic E-state index is 4.29. The summed E-state index contributed by atoms with van der Waals surface area (Å²) in [7, 11) is 0. The number of rotatable bonds is 4. The van der Waals surface area contributed by atoms with Crippen molar-refractivity contribution in [1.29, 1.82) is 0 Å². The second-order valence-corrected chi connectivity index (χ2v) is 5.64. The minimum absolute atomic E-state index is 0.639. The highest BCUT2D eigenvalue weighted by molar-refractivity contribution is 7.98. The van der Waals surface area contributed by atoms with E-state index < -0.39 is 0 Å². The van der Waals surface area contributed by atoms with E-state index in [1.54, 1.807) is 11.8 Å². The van der Waals surface area contributed by atoms with Crippen LogP contribution < -0.4 is 5.32 Å². The molecule has 0 spiro atoms. The molecule has 3 heterocycles. The summed E-state index contributed by atoms with van der Waals surface area (Å²) < 4.78 is 2.24. The summed E-state index contributed by atoms with van der Waals surface area (Å²) in [6, 6.07) is 3.91. The molecular formula is C13H18N6S. The van der Waals surface area contributed by atoms with Gasteiger partial charge in [0.05, 0.1) is 6.54 Å². The molecule has 0 atom stereocenters. The van der Waals surface area contributed by atoms with Crippen molar-refractivity contribution in [3.8, 4) is 0 Å². The molecule has 3 rings (SSSR count). The monoisotopic (exact) mass is 290 g/mol. The zero-order valence-corrected chi connectivity index (χ0v) is 12.4. The van der Waals surface area contributed by atoms with Crippen LogP contribution in [-0.2, 0) is 19.5 Å². The Bertz CT molecular complexity index is 565. The lowest BCUT2D eigenvalue weighted by atomic mass is 10.2. The van der Waals surface area contributed by atoms with Crippen molar-refractivity contribution in [2.45, 2.75) is 43.8 Å². The van der Waals surface area contributed by atoms with Crippen LogP contribution in [0.15, 0.2) is 17.2 Å². The molecule has 0 aromatic carbocycles. The van der Waals surface area contributed by atoms with Crippen LogP contribution in [0.3, 0.4) is 0 Å². The molecule has 20 heavy (non-hydrogen) atoms. The number of hydrogen-bond donors (Lipinski definition) is 1. The van der Waals surface area contributed by atoms with Crippen LogP contribution in [-0.4, -0.2) is 31.2 Å². The molecule has 2 aromatic heterocycles. The van der Waals surface area contributed by atoms with Crippen LogP contribution in [0.4, 0.5) is 5.82 Å². The zero-order chi connectivity index (χ0) is 13.8. The molecule has 1 aliphatic heterocycles. The summed E-state index contributed by atoms with van der Waals surface area (Å²) in [5.74, 6) is 2.87. The maximum Gasteiger partial charge on any atom is 0.152 e. The minimum Gasteiger partial charge on any atom is -0.361 e. The van der Waals surface area contributed by atoms with Crippen LogP contribution in [0.5, 0.6) is 0 Å². The predicted molar refractivity (Wildman–Crippen MR) is 78.7 cm³/mol. The summed E-state index contributed by atoms with van der Waals surface area (Å²) in [6.45, 7) is 1.66. The molecule has 7 heteroatoms. The Labute approximate surface area is 122 Å². The number of nitrogens with zero attached hydrogens (tertiary/aromatic N) is 5. The molecule has 0 aliphatic carbocycles. The van der Waals surface area contributed by atoms with Crippen LogP contribution in [0.1, 0.15) is 30.9 Å². The largest absolute Gasteiger partial charge is 0.361 e. The van der Waals surface area contributed by atoms with Gasteiger partial charge in [-0.3, -0.25) is 0 Å². The first-order valence-electron chi connectivity index (χ1n) is 6.89. The molecular weight excluding hydrogens is 272 g/mol.